The summed E-state index contributed by atoms with van der Waals surface area (Å²) < 4.78 is 32.8. The fraction of sp³-hybridized carbons (Fsp3) is 0.455. The Hall–Kier alpha value is -0.460. The van der Waals surface area contributed by atoms with E-state index >= 15 is 0 Å². The molecule has 0 aliphatic carbocycles. The smallest absolute Gasteiger partial charge is 0.162 e. The van der Waals surface area contributed by atoms with Crippen molar-refractivity contribution in [1.82, 2.24) is 0 Å². The summed E-state index contributed by atoms with van der Waals surface area (Å²) in [6.07, 6.45) is 1.18. The van der Waals surface area contributed by atoms with E-state index in [2.05, 4.69) is 15.9 Å². The first kappa shape index (κ1) is 15.6. The molecule has 0 heterocycles. The third-order valence-electron chi connectivity index (χ3n) is 2.29. The lowest BCUT2D eigenvalue weighted by atomic mass is 10.1. The fourth-order valence-electron chi connectivity index (χ4n) is 1.47. The summed E-state index contributed by atoms with van der Waals surface area (Å²) in [5.41, 5.74) is 0.653. The number of hydrogen-bond acceptors (Lipinski definition) is 4. The van der Waals surface area contributed by atoms with Gasteiger partial charge in [0.25, 0.3) is 0 Å². The van der Waals surface area contributed by atoms with Crippen LogP contribution < -0.4 is 9.47 Å². The van der Waals surface area contributed by atoms with E-state index in [1.165, 1.54) is 20.5 Å². The Kier molecular flexibility index (Phi) is 5.31. The van der Waals surface area contributed by atoms with Crippen molar-refractivity contribution in [1.29, 1.82) is 0 Å². The third kappa shape index (κ3) is 4.03. The van der Waals surface area contributed by atoms with Crippen molar-refractivity contribution < 1.29 is 17.9 Å². The first-order chi connectivity index (χ1) is 8.28. The van der Waals surface area contributed by atoms with Crippen molar-refractivity contribution in [2.45, 2.75) is 4.83 Å². The fourth-order valence-corrected chi connectivity index (χ4v) is 4.41. The average Bonchev–Trinajstić information content (AvgIpc) is 2.26. The van der Waals surface area contributed by atoms with Crippen LogP contribution in [0.15, 0.2) is 12.1 Å². The molecule has 4 nitrogen and oxygen atoms in total. The highest BCUT2D eigenvalue weighted by molar-refractivity contribution is 9.09. The molecule has 0 saturated carbocycles. The molecular formula is C11H14BrClO4S. The maximum atomic E-state index is 11.3. The Morgan fingerprint density at radius 3 is 2.22 bits per heavy atom. The average molecular weight is 358 g/mol. The molecule has 0 radical (unpaired) electrons. The number of rotatable bonds is 5. The van der Waals surface area contributed by atoms with Crippen LogP contribution in [0.2, 0.25) is 5.02 Å². The number of hydrogen-bond donors (Lipinski definition) is 0. The molecule has 1 aromatic carbocycles. The number of halogens is 2. The van der Waals surface area contributed by atoms with E-state index in [1.807, 2.05) is 0 Å². The van der Waals surface area contributed by atoms with Crippen LogP contribution in [-0.2, 0) is 9.84 Å². The Balaban J connectivity index is 3.17. The zero-order valence-electron chi connectivity index (χ0n) is 10.2. The zero-order chi connectivity index (χ0) is 13.9. The molecule has 7 heteroatoms. The second-order valence-electron chi connectivity index (χ2n) is 3.79. The molecule has 0 spiro atoms. The minimum Gasteiger partial charge on any atom is -0.493 e. The molecule has 102 valence electrons. The van der Waals surface area contributed by atoms with E-state index in [4.69, 9.17) is 21.1 Å². The van der Waals surface area contributed by atoms with Gasteiger partial charge in [-0.25, -0.2) is 8.42 Å². The Morgan fingerprint density at radius 2 is 1.78 bits per heavy atom. The van der Waals surface area contributed by atoms with Gasteiger partial charge in [0.1, 0.15) is 9.84 Å². The highest BCUT2D eigenvalue weighted by atomic mass is 79.9. The van der Waals surface area contributed by atoms with Crippen LogP contribution in [-0.4, -0.2) is 34.6 Å². The van der Waals surface area contributed by atoms with Crippen LogP contribution in [0.4, 0.5) is 0 Å². The Morgan fingerprint density at radius 1 is 1.28 bits per heavy atom. The number of ether oxygens (including phenoxy) is 2. The van der Waals surface area contributed by atoms with Crippen LogP contribution in [0.3, 0.4) is 0 Å². The number of methoxy groups -OCH3 is 2. The third-order valence-corrected chi connectivity index (χ3v) is 4.80. The number of alkyl halides is 1. The number of benzene rings is 1. The van der Waals surface area contributed by atoms with E-state index in [9.17, 15) is 8.42 Å². The quantitative estimate of drug-likeness (QED) is 0.760. The molecule has 0 aliphatic heterocycles. The minimum absolute atomic E-state index is 0.0395. The maximum absolute atomic E-state index is 11.3. The van der Waals surface area contributed by atoms with Crippen molar-refractivity contribution >= 4 is 37.4 Å². The predicted molar refractivity (Wildman–Crippen MR) is 75.9 cm³/mol. The van der Waals surface area contributed by atoms with Gasteiger partial charge in [0.15, 0.2) is 11.5 Å². The van der Waals surface area contributed by atoms with Gasteiger partial charge in [-0.3, -0.25) is 0 Å². The molecule has 0 aromatic heterocycles. The second-order valence-corrected chi connectivity index (χ2v) is 7.49. The summed E-state index contributed by atoms with van der Waals surface area (Å²) in [6.45, 7) is 0. The van der Waals surface area contributed by atoms with E-state index in [-0.39, 0.29) is 10.6 Å². The first-order valence-electron chi connectivity index (χ1n) is 5.01. The molecular weight excluding hydrogens is 344 g/mol. The van der Waals surface area contributed by atoms with Crippen molar-refractivity contribution in [2.75, 3.05) is 26.2 Å². The van der Waals surface area contributed by atoms with Gasteiger partial charge in [0.2, 0.25) is 0 Å². The van der Waals surface area contributed by atoms with Crippen LogP contribution in [0.5, 0.6) is 11.5 Å². The Bertz CT molecular complexity index is 530. The van der Waals surface area contributed by atoms with E-state index < -0.39 is 9.84 Å². The van der Waals surface area contributed by atoms with Crippen molar-refractivity contribution in [3.63, 3.8) is 0 Å². The topological polar surface area (TPSA) is 52.6 Å². The number of sulfone groups is 1. The lowest BCUT2D eigenvalue weighted by Crippen LogP contribution is -2.09. The minimum atomic E-state index is -3.10. The molecule has 0 N–H and O–H groups in total. The molecule has 0 fully saturated rings. The highest BCUT2D eigenvalue weighted by Gasteiger charge is 2.19. The SMILES string of the molecule is COc1cc(Cl)c(C(Br)CS(C)(=O)=O)cc1OC. The summed E-state index contributed by atoms with van der Waals surface area (Å²) in [7, 11) is -0.0819. The summed E-state index contributed by atoms with van der Waals surface area (Å²) in [6, 6.07) is 3.28. The molecule has 1 rings (SSSR count). The molecule has 1 aromatic rings. The molecule has 1 atom stereocenters. The van der Waals surface area contributed by atoms with Crippen molar-refractivity contribution in [2.24, 2.45) is 0 Å². The summed E-state index contributed by atoms with van der Waals surface area (Å²) in [5.74, 6) is 0.975. The summed E-state index contributed by atoms with van der Waals surface area (Å²) in [4.78, 5) is -0.389. The van der Waals surface area contributed by atoms with Crippen LogP contribution in [0.1, 0.15) is 10.4 Å². The first-order valence-corrected chi connectivity index (χ1v) is 8.37. The molecule has 18 heavy (non-hydrogen) atoms. The lowest BCUT2D eigenvalue weighted by Gasteiger charge is -2.15. The van der Waals surface area contributed by atoms with E-state index in [1.54, 1.807) is 12.1 Å². The maximum Gasteiger partial charge on any atom is 0.162 e. The van der Waals surface area contributed by atoms with Gasteiger partial charge in [-0.2, -0.15) is 0 Å². The predicted octanol–water partition coefficient (Wildman–Crippen LogP) is 2.84. The lowest BCUT2D eigenvalue weighted by molar-refractivity contribution is 0.354. The van der Waals surface area contributed by atoms with Gasteiger partial charge in [0, 0.05) is 17.3 Å². The van der Waals surface area contributed by atoms with Gasteiger partial charge >= 0.3 is 0 Å². The molecule has 0 amide bonds. The Labute approximate surface area is 120 Å². The van der Waals surface area contributed by atoms with E-state index in [0.29, 0.717) is 22.1 Å². The largest absolute Gasteiger partial charge is 0.493 e. The monoisotopic (exact) mass is 356 g/mol. The summed E-state index contributed by atoms with van der Waals surface area (Å²) in [5, 5.41) is 0.429. The van der Waals surface area contributed by atoms with Gasteiger partial charge in [-0.05, 0) is 11.6 Å². The summed E-state index contributed by atoms with van der Waals surface area (Å²) >= 11 is 9.42. The van der Waals surface area contributed by atoms with Gasteiger partial charge < -0.3 is 9.47 Å². The van der Waals surface area contributed by atoms with Gasteiger partial charge in [0.05, 0.1) is 24.8 Å². The van der Waals surface area contributed by atoms with Crippen LogP contribution >= 0.6 is 27.5 Å². The van der Waals surface area contributed by atoms with E-state index in [0.717, 1.165) is 0 Å². The van der Waals surface area contributed by atoms with Crippen molar-refractivity contribution in [3.8, 4) is 11.5 Å². The molecule has 1 unspecified atom stereocenters. The van der Waals surface area contributed by atoms with Crippen molar-refractivity contribution in [3.05, 3.63) is 22.7 Å². The normalized spacial score (nSPS) is 13.2. The molecule has 0 bridgehead atoms. The second kappa shape index (κ2) is 6.12. The van der Waals surface area contributed by atoms with Crippen LogP contribution in [0.25, 0.3) is 0 Å². The standard InChI is InChI=1S/C11H14BrClO4S/c1-16-10-4-7(8(12)6-18(3,14)15)9(13)5-11(10)17-2/h4-5,8H,6H2,1-3H3. The zero-order valence-corrected chi connectivity index (χ0v) is 13.4. The molecule has 0 saturated heterocycles. The van der Waals surface area contributed by atoms with Crippen LogP contribution in [0, 0.1) is 0 Å². The van der Waals surface area contributed by atoms with Gasteiger partial charge in [-0.1, -0.05) is 27.5 Å². The van der Waals surface area contributed by atoms with Gasteiger partial charge in [-0.15, -0.1) is 0 Å². The molecule has 0 aliphatic rings. The highest BCUT2D eigenvalue weighted by Crippen LogP contribution is 2.38.